The topological polar surface area (TPSA) is 29.1 Å². The molecule has 0 saturated heterocycles. The van der Waals surface area contributed by atoms with Crippen LogP contribution >= 0.6 is 0 Å². The first kappa shape index (κ1) is 7.79. The molecule has 2 heteroatoms. The van der Waals surface area contributed by atoms with Gasteiger partial charge in [0, 0.05) is 12.6 Å². The molecule has 0 aliphatic rings. The lowest BCUT2D eigenvalue weighted by Crippen LogP contribution is -2.17. The molecule has 0 atom stereocenters. The zero-order chi connectivity index (χ0) is 8.27. The molecule has 0 radical (unpaired) electrons. The molecule has 0 fully saturated rings. The first-order chi connectivity index (χ1) is 5.24. The smallest absolute Gasteiger partial charge is 0.251 e. The summed E-state index contributed by atoms with van der Waals surface area (Å²) in [6.07, 6.45) is 0. The van der Waals surface area contributed by atoms with Crippen LogP contribution < -0.4 is 5.32 Å². The highest BCUT2D eigenvalue weighted by Gasteiger charge is 1.99. The van der Waals surface area contributed by atoms with Crippen molar-refractivity contribution in [2.24, 2.45) is 0 Å². The van der Waals surface area contributed by atoms with Gasteiger partial charge in [0.25, 0.3) is 5.91 Å². The summed E-state index contributed by atoms with van der Waals surface area (Å²) in [5, 5.41) is 2.56. The Morgan fingerprint density at radius 2 is 1.82 bits per heavy atom. The fourth-order valence-electron chi connectivity index (χ4n) is 0.849. The number of amides is 1. The van der Waals surface area contributed by atoms with E-state index in [1.165, 1.54) is 0 Å². The van der Waals surface area contributed by atoms with Crippen LogP contribution in [0.15, 0.2) is 24.3 Å². The molecular weight excluding hydrogens is 138 g/mol. The first-order valence-electron chi connectivity index (χ1n) is 3.53. The Hall–Kier alpha value is -1.31. The molecule has 1 aromatic rings. The van der Waals surface area contributed by atoms with Gasteiger partial charge in [-0.1, -0.05) is 17.7 Å². The van der Waals surface area contributed by atoms with Gasteiger partial charge in [0.1, 0.15) is 0 Å². The average Bonchev–Trinajstić information content (AvgIpc) is 2.05. The maximum Gasteiger partial charge on any atom is 0.251 e. The highest BCUT2D eigenvalue weighted by molar-refractivity contribution is 5.93. The summed E-state index contributed by atoms with van der Waals surface area (Å²) in [5.74, 6) is -0.0370. The van der Waals surface area contributed by atoms with Crippen LogP contribution in [0.2, 0.25) is 0 Å². The Morgan fingerprint density at radius 3 is 2.27 bits per heavy atom. The van der Waals surface area contributed by atoms with Crippen LogP contribution in [0.5, 0.6) is 0 Å². The number of carbonyl (C=O) groups is 1. The molecule has 1 amide bonds. The number of benzene rings is 1. The van der Waals surface area contributed by atoms with Gasteiger partial charge < -0.3 is 5.32 Å². The van der Waals surface area contributed by atoms with E-state index in [2.05, 4.69) is 5.32 Å². The first-order valence-corrected chi connectivity index (χ1v) is 3.53. The van der Waals surface area contributed by atoms with Crippen molar-refractivity contribution in [1.82, 2.24) is 5.32 Å². The summed E-state index contributed by atoms with van der Waals surface area (Å²) >= 11 is 0. The molecule has 1 aromatic carbocycles. The summed E-state index contributed by atoms with van der Waals surface area (Å²) < 4.78 is 0. The van der Waals surface area contributed by atoms with E-state index in [9.17, 15) is 4.79 Å². The quantitative estimate of drug-likeness (QED) is 0.641. The monoisotopic (exact) mass is 149 g/mol. The molecule has 0 aromatic heterocycles. The standard InChI is InChI=1S/C9H11NO/c1-7-3-5-8(6-4-7)9(11)10-2/h3-6H,1-2H3,(H,10,11). The van der Waals surface area contributed by atoms with E-state index in [1.54, 1.807) is 7.05 Å². The molecule has 58 valence electrons. The van der Waals surface area contributed by atoms with Gasteiger partial charge in [-0.25, -0.2) is 0 Å². The largest absolute Gasteiger partial charge is 0.355 e. The van der Waals surface area contributed by atoms with Crippen LogP contribution in [-0.4, -0.2) is 13.0 Å². The molecule has 1 rings (SSSR count). The molecule has 1 N–H and O–H groups in total. The number of hydrogen-bond acceptors (Lipinski definition) is 1. The second-order valence-corrected chi connectivity index (χ2v) is 2.45. The summed E-state index contributed by atoms with van der Waals surface area (Å²) in [6, 6.07) is 7.47. The van der Waals surface area contributed by atoms with Crippen LogP contribution in [-0.2, 0) is 0 Å². The van der Waals surface area contributed by atoms with Gasteiger partial charge in [0.15, 0.2) is 0 Å². The summed E-state index contributed by atoms with van der Waals surface area (Å²) in [4.78, 5) is 11.0. The van der Waals surface area contributed by atoms with E-state index in [4.69, 9.17) is 0 Å². The normalized spacial score (nSPS) is 9.27. The number of carbonyl (C=O) groups excluding carboxylic acids is 1. The Bertz CT molecular complexity index is 251. The minimum atomic E-state index is -0.0370. The van der Waals surface area contributed by atoms with Crippen LogP contribution in [0, 0.1) is 6.92 Å². The number of hydrogen-bond donors (Lipinski definition) is 1. The second-order valence-electron chi connectivity index (χ2n) is 2.45. The van der Waals surface area contributed by atoms with E-state index in [-0.39, 0.29) is 5.91 Å². The summed E-state index contributed by atoms with van der Waals surface area (Å²) in [5.41, 5.74) is 1.87. The molecule has 0 aliphatic heterocycles. The van der Waals surface area contributed by atoms with Crippen molar-refractivity contribution in [1.29, 1.82) is 0 Å². The fraction of sp³-hybridized carbons (Fsp3) is 0.222. The van der Waals surface area contributed by atoms with E-state index in [1.807, 2.05) is 31.2 Å². The molecule has 0 aliphatic carbocycles. The van der Waals surface area contributed by atoms with Crippen molar-refractivity contribution in [2.45, 2.75) is 6.92 Å². The van der Waals surface area contributed by atoms with E-state index in [0.717, 1.165) is 5.56 Å². The lowest BCUT2D eigenvalue weighted by molar-refractivity contribution is 0.0963. The zero-order valence-corrected chi connectivity index (χ0v) is 6.72. The van der Waals surface area contributed by atoms with Gasteiger partial charge in [-0.15, -0.1) is 0 Å². The number of rotatable bonds is 1. The number of aryl methyl sites for hydroxylation is 1. The van der Waals surface area contributed by atoms with Crippen LogP contribution in [0.25, 0.3) is 0 Å². The van der Waals surface area contributed by atoms with Crippen molar-refractivity contribution in [2.75, 3.05) is 7.05 Å². The third-order valence-electron chi connectivity index (χ3n) is 1.54. The van der Waals surface area contributed by atoms with Crippen LogP contribution in [0.3, 0.4) is 0 Å². The molecule has 11 heavy (non-hydrogen) atoms. The molecule has 0 bridgehead atoms. The van der Waals surface area contributed by atoms with Crippen LogP contribution in [0.1, 0.15) is 15.9 Å². The Balaban J connectivity index is 2.90. The molecular formula is C9H11NO. The second kappa shape index (κ2) is 3.19. The zero-order valence-electron chi connectivity index (χ0n) is 6.72. The fourth-order valence-corrected chi connectivity index (χ4v) is 0.849. The van der Waals surface area contributed by atoms with Gasteiger partial charge in [-0.3, -0.25) is 4.79 Å². The molecule has 0 spiro atoms. The predicted molar refractivity (Wildman–Crippen MR) is 44.6 cm³/mol. The van der Waals surface area contributed by atoms with Gasteiger partial charge >= 0.3 is 0 Å². The van der Waals surface area contributed by atoms with Crippen LogP contribution in [0.4, 0.5) is 0 Å². The van der Waals surface area contributed by atoms with Crippen molar-refractivity contribution in [3.8, 4) is 0 Å². The van der Waals surface area contributed by atoms with Crippen molar-refractivity contribution in [3.63, 3.8) is 0 Å². The van der Waals surface area contributed by atoms with Gasteiger partial charge in [0.2, 0.25) is 0 Å². The van der Waals surface area contributed by atoms with Gasteiger partial charge in [-0.2, -0.15) is 0 Å². The minimum Gasteiger partial charge on any atom is -0.355 e. The SMILES string of the molecule is CNC(=O)c1ccc(C)cc1. The Morgan fingerprint density at radius 1 is 1.27 bits per heavy atom. The van der Waals surface area contributed by atoms with Crippen molar-refractivity contribution < 1.29 is 4.79 Å². The summed E-state index contributed by atoms with van der Waals surface area (Å²) in [7, 11) is 1.63. The number of nitrogens with one attached hydrogen (secondary N) is 1. The maximum absolute atomic E-state index is 11.0. The average molecular weight is 149 g/mol. The van der Waals surface area contributed by atoms with Crippen molar-refractivity contribution in [3.05, 3.63) is 35.4 Å². The third-order valence-corrected chi connectivity index (χ3v) is 1.54. The highest BCUT2D eigenvalue weighted by atomic mass is 16.1. The maximum atomic E-state index is 11.0. The highest BCUT2D eigenvalue weighted by Crippen LogP contribution is 2.01. The molecule has 2 nitrogen and oxygen atoms in total. The van der Waals surface area contributed by atoms with Gasteiger partial charge in [0.05, 0.1) is 0 Å². The predicted octanol–water partition coefficient (Wildman–Crippen LogP) is 1.35. The molecule has 0 heterocycles. The lowest BCUT2D eigenvalue weighted by Gasteiger charge is -1.98. The van der Waals surface area contributed by atoms with E-state index < -0.39 is 0 Å². The van der Waals surface area contributed by atoms with E-state index >= 15 is 0 Å². The Kier molecular flexibility index (Phi) is 2.26. The molecule has 0 saturated carbocycles. The lowest BCUT2D eigenvalue weighted by atomic mass is 10.1. The third kappa shape index (κ3) is 1.80. The van der Waals surface area contributed by atoms with E-state index in [0.29, 0.717) is 5.56 Å². The van der Waals surface area contributed by atoms with Gasteiger partial charge in [-0.05, 0) is 19.1 Å². The minimum absolute atomic E-state index is 0.0370. The summed E-state index contributed by atoms with van der Waals surface area (Å²) in [6.45, 7) is 1.99. The Labute approximate surface area is 66.2 Å². The molecule has 0 unspecified atom stereocenters. The van der Waals surface area contributed by atoms with Crippen molar-refractivity contribution >= 4 is 5.91 Å².